The molecule has 0 bridgehead atoms. The Hall–Kier alpha value is -0.390. The lowest BCUT2D eigenvalue weighted by Crippen LogP contribution is -2.17. The number of nitrogens with one attached hydrogen (secondary N) is 1. The van der Waals surface area contributed by atoms with E-state index in [4.69, 9.17) is 9.97 Å². The highest BCUT2D eigenvalue weighted by Crippen LogP contribution is 2.37. The maximum absolute atomic E-state index is 4.92. The van der Waals surface area contributed by atoms with Crippen molar-refractivity contribution in [1.29, 1.82) is 0 Å². The zero-order chi connectivity index (χ0) is 15.4. The van der Waals surface area contributed by atoms with Crippen LogP contribution in [0.5, 0.6) is 0 Å². The Kier molecular flexibility index (Phi) is 6.26. The van der Waals surface area contributed by atoms with Gasteiger partial charge in [-0.2, -0.15) is 0 Å². The largest absolute Gasteiger partial charge is 0.372 e. The number of nitrogens with zero attached hydrogens (tertiary/aromatic N) is 2. The topological polar surface area (TPSA) is 37.8 Å². The highest BCUT2D eigenvalue weighted by atomic mass is 127. The summed E-state index contributed by atoms with van der Waals surface area (Å²) >= 11 is 2.37. The number of anilines is 1. The normalized spacial score (nSPS) is 22.6. The van der Waals surface area contributed by atoms with E-state index in [0.29, 0.717) is 11.8 Å². The van der Waals surface area contributed by atoms with Gasteiger partial charge in [0.1, 0.15) is 11.6 Å². The van der Waals surface area contributed by atoms with Crippen LogP contribution in [0.2, 0.25) is 0 Å². The van der Waals surface area contributed by atoms with Gasteiger partial charge in [-0.05, 0) is 60.1 Å². The molecule has 118 valence electrons. The maximum atomic E-state index is 4.92. The first-order valence-corrected chi connectivity index (χ1v) is 9.39. The first-order valence-electron chi connectivity index (χ1n) is 8.31. The number of aromatic nitrogens is 2. The van der Waals surface area contributed by atoms with Crippen LogP contribution in [0.1, 0.15) is 82.7 Å². The van der Waals surface area contributed by atoms with Crippen molar-refractivity contribution in [1.82, 2.24) is 9.97 Å². The van der Waals surface area contributed by atoms with E-state index < -0.39 is 0 Å². The second-order valence-corrected chi connectivity index (χ2v) is 7.62. The van der Waals surface area contributed by atoms with Gasteiger partial charge in [0.2, 0.25) is 0 Å². The van der Waals surface area contributed by atoms with Gasteiger partial charge in [-0.3, -0.25) is 0 Å². The van der Waals surface area contributed by atoms with Gasteiger partial charge in [-0.25, -0.2) is 9.97 Å². The lowest BCUT2D eigenvalue weighted by molar-refractivity contribution is 0.302. The van der Waals surface area contributed by atoms with Gasteiger partial charge in [0, 0.05) is 13.0 Å². The molecule has 1 aromatic rings. The van der Waals surface area contributed by atoms with Crippen LogP contribution in [0.4, 0.5) is 5.82 Å². The average molecular weight is 401 g/mol. The van der Waals surface area contributed by atoms with Gasteiger partial charge in [-0.1, -0.05) is 33.6 Å². The quantitative estimate of drug-likeness (QED) is 0.679. The van der Waals surface area contributed by atoms with Crippen LogP contribution < -0.4 is 5.32 Å². The molecule has 21 heavy (non-hydrogen) atoms. The Morgan fingerprint density at radius 1 is 1.19 bits per heavy atom. The van der Waals surface area contributed by atoms with Crippen LogP contribution in [-0.2, 0) is 0 Å². The van der Waals surface area contributed by atoms with Crippen LogP contribution in [0.25, 0.3) is 0 Å². The summed E-state index contributed by atoms with van der Waals surface area (Å²) in [5, 5.41) is 3.24. The molecule has 0 saturated heterocycles. The molecule has 1 aliphatic rings. The molecule has 3 nitrogen and oxygen atoms in total. The smallest absolute Gasteiger partial charge is 0.143 e. The van der Waals surface area contributed by atoms with Crippen LogP contribution in [0.3, 0.4) is 0 Å². The lowest BCUT2D eigenvalue weighted by atomic mass is 9.79. The van der Waals surface area contributed by atoms with E-state index in [1.165, 1.54) is 47.8 Å². The highest BCUT2D eigenvalue weighted by molar-refractivity contribution is 14.1. The van der Waals surface area contributed by atoms with Crippen molar-refractivity contribution in [3.63, 3.8) is 0 Å². The number of halogens is 1. The summed E-state index contributed by atoms with van der Waals surface area (Å²) in [6.07, 6.45) is 7.91. The number of hydrogen-bond acceptors (Lipinski definition) is 3. The van der Waals surface area contributed by atoms with E-state index in [2.05, 4.69) is 48.7 Å². The third-order valence-corrected chi connectivity index (χ3v) is 5.65. The molecule has 0 atom stereocenters. The summed E-state index contributed by atoms with van der Waals surface area (Å²) in [4.78, 5) is 9.72. The monoisotopic (exact) mass is 401 g/mol. The van der Waals surface area contributed by atoms with Crippen molar-refractivity contribution >= 4 is 28.4 Å². The average Bonchev–Trinajstić information content (AvgIpc) is 2.48. The molecule has 1 saturated carbocycles. The summed E-state index contributed by atoms with van der Waals surface area (Å²) in [6.45, 7) is 6.72. The van der Waals surface area contributed by atoms with Crippen LogP contribution in [-0.4, -0.2) is 17.0 Å². The van der Waals surface area contributed by atoms with E-state index >= 15 is 0 Å². The Morgan fingerprint density at radius 3 is 2.38 bits per heavy atom. The van der Waals surface area contributed by atoms with Crippen molar-refractivity contribution in [2.75, 3.05) is 12.4 Å². The van der Waals surface area contributed by atoms with E-state index in [1.807, 2.05) is 7.05 Å². The molecule has 0 aromatic carbocycles. The van der Waals surface area contributed by atoms with Crippen molar-refractivity contribution in [3.8, 4) is 0 Å². The fourth-order valence-corrected chi connectivity index (χ4v) is 4.46. The van der Waals surface area contributed by atoms with Gasteiger partial charge in [0.05, 0.1) is 9.26 Å². The molecule has 0 aliphatic heterocycles. The van der Waals surface area contributed by atoms with Gasteiger partial charge in [0.15, 0.2) is 0 Å². The van der Waals surface area contributed by atoms with Crippen molar-refractivity contribution in [2.45, 2.75) is 71.1 Å². The molecule has 0 radical (unpaired) electrons. The van der Waals surface area contributed by atoms with Gasteiger partial charge < -0.3 is 5.32 Å². The molecular formula is C17H28IN3. The van der Waals surface area contributed by atoms with Crippen LogP contribution in [0, 0.1) is 9.49 Å². The first-order chi connectivity index (χ1) is 10.1. The SMILES string of the molecule is CCCC1CCC(c2nc(NC)c(I)c(C(C)C)n2)CC1. The van der Waals surface area contributed by atoms with E-state index in [1.54, 1.807) is 0 Å². The summed E-state index contributed by atoms with van der Waals surface area (Å²) in [6, 6.07) is 0. The fraction of sp³-hybridized carbons (Fsp3) is 0.765. The third kappa shape index (κ3) is 4.08. The van der Waals surface area contributed by atoms with Crippen LogP contribution >= 0.6 is 22.6 Å². The predicted molar refractivity (Wildman–Crippen MR) is 98.0 cm³/mol. The van der Waals surface area contributed by atoms with Gasteiger partial charge >= 0.3 is 0 Å². The lowest BCUT2D eigenvalue weighted by Gasteiger charge is -2.28. The second-order valence-electron chi connectivity index (χ2n) is 6.54. The minimum absolute atomic E-state index is 0.446. The molecule has 1 aliphatic carbocycles. The summed E-state index contributed by atoms with van der Waals surface area (Å²) < 4.78 is 1.17. The Morgan fingerprint density at radius 2 is 1.86 bits per heavy atom. The Labute approximate surface area is 142 Å². The van der Waals surface area contributed by atoms with Crippen molar-refractivity contribution in [2.24, 2.45) is 5.92 Å². The molecule has 1 N–H and O–H groups in total. The predicted octanol–water partition coefficient (Wildman–Crippen LogP) is 5.32. The van der Waals surface area contributed by atoms with Crippen molar-refractivity contribution < 1.29 is 0 Å². The minimum atomic E-state index is 0.446. The zero-order valence-corrected chi connectivity index (χ0v) is 15.9. The summed E-state index contributed by atoms with van der Waals surface area (Å²) in [5.41, 5.74) is 1.20. The molecule has 0 amide bonds. The zero-order valence-electron chi connectivity index (χ0n) is 13.7. The molecule has 1 aromatic heterocycles. The second kappa shape index (κ2) is 7.75. The Balaban J connectivity index is 2.19. The summed E-state index contributed by atoms with van der Waals surface area (Å²) in [5.74, 6) is 4.00. The fourth-order valence-electron chi connectivity index (χ4n) is 3.33. The molecule has 1 fully saturated rings. The van der Waals surface area contributed by atoms with E-state index in [-0.39, 0.29) is 0 Å². The molecule has 4 heteroatoms. The maximum Gasteiger partial charge on any atom is 0.143 e. The van der Waals surface area contributed by atoms with E-state index in [9.17, 15) is 0 Å². The number of rotatable bonds is 5. The first kappa shape index (κ1) is 17.0. The molecule has 1 heterocycles. The standard InChI is InChI=1S/C17H28IN3/c1-5-6-12-7-9-13(10-8-12)16-20-15(11(2)3)14(18)17(19-4)21-16/h11-13H,5-10H2,1-4H3,(H,19,20,21). The molecule has 0 unspecified atom stereocenters. The third-order valence-electron chi connectivity index (χ3n) is 4.59. The minimum Gasteiger partial charge on any atom is -0.372 e. The molecule has 0 spiro atoms. The van der Waals surface area contributed by atoms with Gasteiger partial charge in [-0.15, -0.1) is 0 Å². The van der Waals surface area contributed by atoms with Gasteiger partial charge in [0.25, 0.3) is 0 Å². The van der Waals surface area contributed by atoms with E-state index in [0.717, 1.165) is 17.6 Å². The number of hydrogen-bond donors (Lipinski definition) is 1. The van der Waals surface area contributed by atoms with Crippen molar-refractivity contribution in [3.05, 3.63) is 15.1 Å². The highest BCUT2D eigenvalue weighted by Gasteiger charge is 2.25. The Bertz CT molecular complexity index is 465. The summed E-state index contributed by atoms with van der Waals surface area (Å²) in [7, 11) is 1.95. The molecule has 2 rings (SSSR count). The molecular weight excluding hydrogens is 373 g/mol. The van der Waals surface area contributed by atoms with Crippen LogP contribution in [0.15, 0.2) is 0 Å².